The molecular formula is C12H13ClN2O2. The Kier molecular flexibility index (Phi) is 3.97. The van der Waals surface area contributed by atoms with Crippen LogP contribution < -0.4 is 5.32 Å². The van der Waals surface area contributed by atoms with Gasteiger partial charge in [-0.25, -0.2) is 0 Å². The zero-order valence-corrected chi connectivity index (χ0v) is 10.4. The summed E-state index contributed by atoms with van der Waals surface area (Å²) >= 11 is 5.86. The Hall–Kier alpha value is -1.73. The van der Waals surface area contributed by atoms with Crippen molar-refractivity contribution in [3.05, 3.63) is 28.8 Å². The van der Waals surface area contributed by atoms with Gasteiger partial charge in [0.05, 0.1) is 21.7 Å². The average Bonchev–Trinajstić information content (AvgIpc) is 2.26. The third kappa shape index (κ3) is 3.11. The summed E-state index contributed by atoms with van der Waals surface area (Å²) in [5.41, 5.74) is -0.0284. The number of nitrogens with zero attached hydrogens (tertiary/aromatic N) is 1. The van der Waals surface area contributed by atoms with Crippen molar-refractivity contribution in [3.63, 3.8) is 0 Å². The van der Waals surface area contributed by atoms with Crippen LogP contribution in [0.2, 0.25) is 5.02 Å². The molecule has 4 nitrogen and oxygen atoms in total. The minimum Gasteiger partial charge on any atom is -0.481 e. The fourth-order valence-corrected chi connectivity index (χ4v) is 1.39. The standard InChI is InChI=1S/C12H13ClN2O2/c1-12(2,11(16)17)7-15-10-5-3-4-9(13)8(10)6-14/h3-5,15H,7H2,1-2H3,(H,16,17). The molecule has 0 saturated carbocycles. The second-order valence-electron chi connectivity index (χ2n) is 4.32. The van der Waals surface area contributed by atoms with E-state index in [0.717, 1.165) is 0 Å². The number of carboxylic acid groups (broad SMARTS) is 1. The topological polar surface area (TPSA) is 73.1 Å². The largest absolute Gasteiger partial charge is 0.481 e. The molecule has 0 aliphatic carbocycles. The highest BCUT2D eigenvalue weighted by Gasteiger charge is 2.27. The van der Waals surface area contributed by atoms with E-state index in [1.165, 1.54) is 0 Å². The molecule has 2 N–H and O–H groups in total. The lowest BCUT2D eigenvalue weighted by Gasteiger charge is -2.20. The fourth-order valence-electron chi connectivity index (χ4n) is 1.18. The van der Waals surface area contributed by atoms with E-state index >= 15 is 0 Å². The second-order valence-corrected chi connectivity index (χ2v) is 4.72. The highest BCUT2D eigenvalue weighted by atomic mass is 35.5. The minimum atomic E-state index is -0.908. The van der Waals surface area contributed by atoms with E-state index in [-0.39, 0.29) is 6.54 Å². The van der Waals surface area contributed by atoms with Crippen LogP contribution in [0.1, 0.15) is 19.4 Å². The molecule has 1 rings (SSSR count). The van der Waals surface area contributed by atoms with Crippen LogP contribution in [-0.4, -0.2) is 17.6 Å². The van der Waals surface area contributed by atoms with Gasteiger partial charge in [0, 0.05) is 6.54 Å². The number of aliphatic carboxylic acids is 1. The summed E-state index contributed by atoms with van der Waals surface area (Å²) in [4.78, 5) is 10.9. The Morgan fingerprint density at radius 2 is 2.24 bits per heavy atom. The second kappa shape index (κ2) is 5.07. The average molecular weight is 253 g/mol. The molecule has 0 amide bonds. The van der Waals surface area contributed by atoms with Gasteiger partial charge in [-0.05, 0) is 26.0 Å². The molecule has 0 saturated heterocycles. The first-order valence-electron chi connectivity index (χ1n) is 5.04. The number of nitriles is 1. The Morgan fingerprint density at radius 1 is 1.59 bits per heavy atom. The van der Waals surface area contributed by atoms with Crippen LogP contribution in [-0.2, 0) is 4.79 Å². The quantitative estimate of drug-likeness (QED) is 0.864. The smallest absolute Gasteiger partial charge is 0.310 e. The number of halogens is 1. The van der Waals surface area contributed by atoms with Gasteiger partial charge in [-0.1, -0.05) is 17.7 Å². The van der Waals surface area contributed by atoms with Crippen molar-refractivity contribution in [1.29, 1.82) is 5.26 Å². The van der Waals surface area contributed by atoms with Gasteiger partial charge in [0.15, 0.2) is 0 Å². The number of rotatable bonds is 4. The lowest BCUT2D eigenvalue weighted by atomic mass is 9.93. The molecule has 5 heteroatoms. The van der Waals surface area contributed by atoms with E-state index in [1.807, 2.05) is 6.07 Å². The van der Waals surface area contributed by atoms with Crippen LogP contribution in [0.25, 0.3) is 0 Å². The van der Waals surface area contributed by atoms with E-state index < -0.39 is 11.4 Å². The molecule has 0 fully saturated rings. The number of hydrogen-bond acceptors (Lipinski definition) is 3. The molecule has 90 valence electrons. The fraction of sp³-hybridized carbons (Fsp3) is 0.333. The monoisotopic (exact) mass is 252 g/mol. The number of anilines is 1. The van der Waals surface area contributed by atoms with Gasteiger partial charge in [0.2, 0.25) is 0 Å². The highest BCUT2D eigenvalue weighted by Crippen LogP contribution is 2.25. The molecule has 0 heterocycles. The number of nitrogens with one attached hydrogen (secondary N) is 1. The Morgan fingerprint density at radius 3 is 2.76 bits per heavy atom. The zero-order chi connectivity index (χ0) is 13.1. The lowest BCUT2D eigenvalue weighted by Crippen LogP contribution is -2.31. The van der Waals surface area contributed by atoms with E-state index in [1.54, 1.807) is 32.0 Å². The maximum Gasteiger partial charge on any atom is 0.310 e. The predicted octanol–water partition coefficient (Wildman–Crippen LogP) is 2.73. The van der Waals surface area contributed by atoms with Crippen LogP contribution in [0.15, 0.2) is 18.2 Å². The van der Waals surface area contributed by atoms with E-state index in [0.29, 0.717) is 16.3 Å². The summed E-state index contributed by atoms with van der Waals surface area (Å²) in [6.07, 6.45) is 0. The van der Waals surface area contributed by atoms with Gasteiger partial charge >= 0.3 is 5.97 Å². The van der Waals surface area contributed by atoms with Gasteiger partial charge in [-0.3, -0.25) is 4.79 Å². The summed E-state index contributed by atoms with van der Waals surface area (Å²) in [6, 6.07) is 7.01. The number of benzene rings is 1. The third-order valence-corrected chi connectivity index (χ3v) is 2.74. The SMILES string of the molecule is CC(C)(CNc1cccc(Cl)c1C#N)C(=O)O. The normalized spacial score (nSPS) is 10.7. The van der Waals surface area contributed by atoms with Crippen molar-refractivity contribution in [2.24, 2.45) is 5.41 Å². The summed E-state index contributed by atoms with van der Waals surface area (Å²) in [7, 11) is 0. The van der Waals surface area contributed by atoms with Crippen LogP contribution in [0.3, 0.4) is 0 Å². The third-order valence-electron chi connectivity index (χ3n) is 2.43. The van der Waals surface area contributed by atoms with Crippen molar-refractivity contribution in [1.82, 2.24) is 0 Å². The van der Waals surface area contributed by atoms with Crippen LogP contribution in [0.4, 0.5) is 5.69 Å². The molecular weight excluding hydrogens is 240 g/mol. The van der Waals surface area contributed by atoms with Gasteiger partial charge < -0.3 is 10.4 Å². The maximum absolute atomic E-state index is 10.9. The molecule has 0 aromatic heterocycles. The minimum absolute atomic E-state index is 0.220. The van der Waals surface area contributed by atoms with Gasteiger partial charge in [0.25, 0.3) is 0 Å². The molecule has 17 heavy (non-hydrogen) atoms. The number of hydrogen-bond donors (Lipinski definition) is 2. The Balaban J connectivity index is 2.88. The van der Waals surface area contributed by atoms with Gasteiger partial charge in [-0.2, -0.15) is 5.26 Å². The number of carbonyl (C=O) groups is 1. The maximum atomic E-state index is 10.9. The summed E-state index contributed by atoms with van der Waals surface area (Å²) < 4.78 is 0. The number of carboxylic acids is 1. The Labute approximate surface area is 105 Å². The van der Waals surface area contributed by atoms with E-state index in [2.05, 4.69) is 5.32 Å². The lowest BCUT2D eigenvalue weighted by molar-refractivity contribution is -0.146. The molecule has 0 unspecified atom stereocenters. The molecule has 0 atom stereocenters. The molecule has 0 aliphatic rings. The van der Waals surface area contributed by atoms with Crippen LogP contribution in [0.5, 0.6) is 0 Å². The molecule has 0 spiro atoms. The van der Waals surface area contributed by atoms with Crippen molar-refractivity contribution in [2.45, 2.75) is 13.8 Å². The van der Waals surface area contributed by atoms with Gasteiger partial charge in [0.1, 0.15) is 6.07 Å². The van der Waals surface area contributed by atoms with E-state index in [9.17, 15) is 4.79 Å². The zero-order valence-electron chi connectivity index (χ0n) is 9.62. The highest BCUT2D eigenvalue weighted by molar-refractivity contribution is 6.32. The molecule has 0 aliphatic heterocycles. The first kappa shape index (κ1) is 13.3. The summed E-state index contributed by atoms with van der Waals surface area (Å²) in [5, 5.41) is 21.2. The molecule has 0 radical (unpaired) electrons. The van der Waals surface area contributed by atoms with Crippen LogP contribution >= 0.6 is 11.6 Å². The van der Waals surface area contributed by atoms with E-state index in [4.69, 9.17) is 22.0 Å². The summed E-state index contributed by atoms with van der Waals surface area (Å²) in [5.74, 6) is -0.898. The first-order valence-corrected chi connectivity index (χ1v) is 5.42. The molecule has 1 aromatic rings. The first-order chi connectivity index (χ1) is 7.88. The van der Waals surface area contributed by atoms with Crippen LogP contribution in [0, 0.1) is 16.7 Å². The summed E-state index contributed by atoms with van der Waals surface area (Å²) in [6.45, 7) is 3.44. The Bertz CT molecular complexity index is 478. The van der Waals surface area contributed by atoms with Crippen molar-refractivity contribution in [3.8, 4) is 6.07 Å². The van der Waals surface area contributed by atoms with Crippen molar-refractivity contribution < 1.29 is 9.90 Å². The van der Waals surface area contributed by atoms with Crippen molar-refractivity contribution in [2.75, 3.05) is 11.9 Å². The van der Waals surface area contributed by atoms with Crippen molar-refractivity contribution >= 4 is 23.3 Å². The molecule has 1 aromatic carbocycles. The van der Waals surface area contributed by atoms with Gasteiger partial charge in [-0.15, -0.1) is 0 Å². The molecule has 0 bridgehead atoms. The predicted molar refractivity (Wildman–Crippen MR) is 66.1 cm³/mol.